The summed E-state index contributed by atoms with van der Waals surface area (Å²) in [6.45, 7) is 5.28. The summed E-state index contributed by atoms with van der Waals surface area (Å²) < 4.78 is 0. The minimum absolute atomic E-state index is 0.121. The van der Waals surface area contributed by atoms with Crippen molar-refractivity contribution in [2.24, 2.45) is 11.7 Å². The van der Waals surface area contributed by atoms with Crippen LogP contribution in [0, 0.1) is 19.8 Å². The number of hydrogen-bond acceptors (Lipinski definition) is 3. The smallest absolute Gasteiger partial charge is 0.227 e. The van der Waals surface area contributed by atoms with Gasteiger partial charge in [0, 0.05) is 13.0 Å². The average Bonchev–Trinajstić information content (AvgIpc) is 2.65. The zero-order valence-corrected chi connectivity index (χ0v) is 10.4. The van der Waals surface area contributed by atoms with Gasteiger partial charge >= 0.3 is 0 Å². The van der Waals surface area contributed by atoms with Crippen LogP contribution in [0.3, 0.4) is 0 Å². The number of nitrogens with two attached hydrogens (primary N) is 2. The Morgan fingerprint density at radius 1 is 1.35 bits per heavy atom. The molecular weight excluding hydrogens is 214 g/mol. The molecule has 4 nitrogen and oxygen atoms in total. The van der Waals surface area contributed by atoms with E-state index in [-0.39, 0.29) is 11.8 Å². The molecule has 1 saturated heterocycles. The lowest BCUT2D eigenvalue weighted by atomic mass is 10.1. The lowest BCUT2D eigenvalue weighted by molar-refractivity contribution is -0.117. The third-order valence-electron chi connectivity index (χ3n) is 3.47. The largest absolute Gasteiger partial charge is 0.397 e. The van der Waals surface area contributed by atoms with E-state index in [4.69, 9.17) is 11.5 Å². The average molecular weight is 233 g/mol. The summed E-state index contributed by atoms with van der Waals surface area (Å²) >= 11 is 0. The van der Waals surface area contributed by atoms with Gasteiger partial charge < -0.3 is 16.4 Å². The molecule has 0 radical (unpaired) electrons. The van der Waals surface area contributed by atoms with Gasteiger partial charge in [0.05, 0.1) is 11.4 Å². The van der Waals surface area contributed by atoms with Crippen molar-refractivity contribution in [1.82, 2.24) is 0 Å². The van der Waals surface area contributed by atoms with Crippen LogP contribution in [0.4, 0.5) is 11.4 Å². The molecule has 4 N–H and O–H groups in total. The van der Waals surface area contributed by atoms with Crippen LogP contribution >= 0.6 is 0 Å². The number of hydrogen-bond donors (Lipinski definition) is 2. The van der Waals surface area contributed by atoms with Gasteiger partial charge in [-0.25, -0.2) is 0 Å². The van der Waals surface area contributed by atoms with Gasteiger partial charge in [-0.15, -0.1) is 0 Å². The van der Waals surface area contributed by atoms with Crippen LogP contribution in [0.25, 0.3) is 0 Å². The highest BCUT2D eigenvalue weighted by Crippen LogP contribution is 2.31. The molecule has 1 fully saturated rings. The van der Waals surface area contributed by atoms with E-state index < -0.39 is 0 Å². The number of benzene rings is 1. The molecule has 0 saturated carbocycles. The number of rotatable bonds is 2. The standard InChI is InChI=1S/C13H19N3O/c1-8-3-11(15)12(4-9(8)2)16-7-10(6-14)5-13(16)17/h3-4,10H,5-7,14-15H2,1-2H3. The zero-order chi connectivity index (χ0) is 12.6. The molecule has 0 bridgehead atoms. The number of amides is 1. The first kappa shape index (κ1) is 11.9. The Morgan fingerprint density at radius 3 is 2.59 bits per heavy atom. The van der Waals surface area contributed by atoms with Crippen molar-refractivity contribution in [3.63, 3.8) is 0 Å². The Bertz CT molecular complexity index is 456. The number of carbonyl (C=O) groups is 1. The molecule has 1 aliphatic heterocycles. The molecule has 0 aliphatic carbocycles. The first-order valence-corrected chi connectivity index (χ1v) is 5.90. The molecule has 1 aliphatic rings. The van der Waals surface area contributed by atoms with Gasteiger partial charge in [0.25, 0.3) is 0 Å². The van der Waals surface area contributed by atoms with E-state index >= 15 is 0 Å². The Hall–Kier alpha value is -1.55. The number of aryl methyl sites for hydroxylation is 2. The molecule has 92 valence electrons. The predicted octanol–water partition coefficient (Wildman–Crippen LogP) is 1.20. The van der Waals surface area contributed by atoms with Crippen molar-refractivity contribution in [2.45, 2.75) is 20.3 Å². The van der Waals surface area contributed by atoms with Crippen LogP contribution < -0.4 is 16.4 Å². The second-order valence-corrected chi connectivity index (χ2v) is 4.81. The van der Waals surface area contributed by atoms with Gasteiger partial charge in [-0.05, 0) is 49.6 Å². The highest BCUT2D eigenvalue weighted by molar-refractivity contribution is 5.98. The second-order valence-electron chi connectivity index (χ2n) is 4.81. The molecule has 1 aromatic carbocycles. The van der Waals surface area contributed by atoms with E-state index in [0.29, 0.717) is 25.2 Å². The normalized spacial score (nSPS) is 20.1. The van der Waals surface area contributed by atoms with Crippen LogP contribution in [0.5, 0.6) is 0 Å². The zero-order valence-electron chi connectivity index (χ0n) is 10.4. The summed E-state index contributed by atoms with van der Waals surface area (Å²) in [5.74, 6) is 0.374. The van der Waals surface area contributed by atoms with Gasteiger partial charge in [0.2, 0.25) is 5.91 Å². The monoisotopic (exact) mass is 233 g/mol. The van der Waals surface area contributed by atoms with Gasteiger partial charge in [-0.3, -0.25) is 4.79 Å². The van der Waals surface area contributed by atoms with E-state index in [2.05, 4.69) is 0 Å². The van der Waals surface area contributed by atoms with E-state index in [0.717, 1.165) is 16.8 Å². The molecule has 1 unspecified atom stereocenters. The van der Waals surface area contributed by atoms with E-state index in [1.165, 1.54) is 0 Å². The first-order chi connectivity index (χ1) is 8.02. The van der Waals surface area contributed by atoms with Crippen molar-refractivity contribution >= 4 is 17.3 Å². The Balaban J connectivity index is 2.35. The Morgan fingerprint density at radius 2 is 2.00 bits per heavy atom. The third kappa shape index (κ3) is 2.13. The molecule has 0 spiro atoms. The molecule has 2 rings (SSSR count). The minimum atomic E-state index is 0.121. The fraction of sp³-hybridized carbons (Fsp3) is 0.462. The van der Waals surface area contributed by atoms with Crippen molar-refractivity contribution in [1.29, 1.82) is 0 Å². The number of anilines is 2. The van der Waals surface area contributed by atoms with Crippen molar-refractivity contribution in [2.75, 3.05) is 23.7 Å². The molecule has 1 amide bonds. The first-order valence-electron chi connectivity index (χ1n) is 5.90. The molecule has 1 heterocycles. The molecular formula is C13H19N3O. The topological polar surface area (TPSA) is 72.3 Å². The SMILES string of the molecule is Cc1cc(N)c(N2CC(CN)CC2=O)cc1C. The maximum Gasteiger partial charge on any atom is 0.227 e. The van der Waals surface area contributed by atoms with Gasteiger partial charge in [-0.1, -0.05) is 0 Å². The lowest BCUT2D eigenvalue weighted by Crippen LogP contribution is -2.26. The van der Waals surface area contributed by atoms with Crippen LogP contribution in [-0.4, -0.2) is 19.0 Å². The quantitative estimate of drug-likeness (QED) is 0.754. The molecule has 17 heavy (non-hydrogen) atoms. The number of carbonyl (C=O) groups excluding carboxylic acids is 1. The fourth-order valence-electron chi connectivity index (χ4n) is 2.23. The summed E-state index contributed by atoms with van der Waals surface area (Å²) in [5, 5.41) is 0. The van der Waals surface area contributed by atoms with Crippen molar-refractivity contribution < 1.29 is 4.79 Å². The molecule has 1 atom stereocenters. The lowest BCUT2D eigenvalue weighted by Gasteiger charge is -2.20. The minimum Gasteiger partial charge on any atom is -0.397 e. The van der Waals surface area contributed by atoms with E-state index in [1.807, 2.05) is 26.0 Å². The van der Waals surface area contributed by atoms with Crippen LogP contribution in [0.1, 0.15) is 17.5 Å². The predicted molar refractivity (Wildman–Crippen MR) is 69.8 cm³/mol. The van der Waals surface area contributed by atoms with Gasteiger partial charge in [0.1, 0.15) is 0 Å². The molecule has 4 heteroatoms. The van der Waals surface area contributed by atoms with E-state index in [9.17, 15) is 4.79 Å². The van der Waals surface area contributed by atoms with Crippen LogP contribution in [0.2, 0.25) is 0 Å². The maximum atomic E-state index is 11.9. The van der Waals surface area contributed by atoms with E-state index in [1.54, 1.807) is 4.90 Å². The maximum absolute atomic E-state index is 11.9. The van der Waals surface area contributed by atoms with Gasteiger partial charge in [0.15, 0.2) is 0 Å². The summed E-state index contributed by atoms with van der Waals surface area (Å²) in [7, 11) is 0. The van der Waals surface area contributed by atoms with Crippen molar-refractivity contribution in [3.8, 4) is 0 Å². The fourth-order valence-corrected chi connectivity index (χ4v) is 2.23. The van der Waals surface area contributed by atoms with Gasteiger partial charge in [-0.2, -0.15) is 0 Å². The molecule has 0 aromatic heterocycles. The van der Waals surface area contributed by atoms with Crippen LogP contribution in [0.15, 0.2) is 12.1 Å². The second kappa shape index (κ2) is 4.37. The highest BCUT2D eigenvalue weighted by atomic mass is 16.2. The van der Waals surface area contributed by atoms with Crippen LogP contribution in [-0.2, 0) is 4.79 Å². The Labute approximate surface area is 102 Å². The summed E-state index contributed by atoms with van der Waals surface area (Å²) in [6.07, 6.45) is 0.531. The summed E-state index contributed by atoms with van der Waals surface area (Å²) in [4.78, 5) is 13.7. The Kier molecular flexibility index (Phi) is 3.07. The summed E-state index contributed by atoms with van der Waals surface area (Å²) in [5.41, 5.74) is 15.4. The number of nitrogens with zero attached hydrogens (tertiary/aromatic N) is 1. The molecule has 1 aromatic rings. The van der Waals surface area contributed by atoms with Crippen molar-refractivity contribution in [3.05, 3.63) is 23.3 Å². The highest BCUT2D eigenvalue weighted by Gasteiger charge is 2.30. The summed E-state index contributed by atoms with van der Waals surface area (Å²) in [6, 6.07) is 3.91. The number of nitrogen functional groups attached to an aromatic ring is 1. The third-order valence-corrected chi connectivity index (χ3v) is 3.47.